The number of nitrogens with one attached hydrogen (secondary N) is 1. The van der Waals surface area contributed by atoms with E-state index in [1.54, 1.807) is 24.3 Å². The standard InChI is InChI=1S/C23H20Cl3N3O3/c1-13-4-2-3-9-28(13)21(30)14-5-7-17(8-6-14)27-20-19(26)22(31)29(23(20)32)18-11-15(24)10-16(25)12-18/h5-8,10-13,27H,2-4,9H2,1H3. The van der Waals surface area contributed by atoms with Crippen LogP contribution in [0.2, 0.25) is 10.0 Å². The molecular formula is C23H20Cl3N3O3. The Morgan fingerprint density at radius 1 is 0.969 bits per heavy atom. The van der Waals surface area contributed by atoms with Crippen molar-refractivity contribution in [1.29, 1.82) is 0 Å². The number of carbonyl (C=O) groups excluding carboxylic acids is 3. The van der Waals surface area contributed by atoms with Gasteiger partial charge in [-0.3, -0.25) is 14.4 Å². The van der Waals surface area contributed by atoms with E-state index in [9.17, 15) is 14.4 Å². The van der Waals surface area contributed by atoms with Crippen LogP contribution in [0.25, 0.3) is 0 Å². The third kappa shape index (κ3) is 4.35. The van der Waals surface area contributed by atoms with E-state index in [-0.39, 0.29) is 38.4 Å². The highest BCUT2D eigenvalue weighted by molar-refractivity contribution is 6.53. The van der Waals surface area contributed by atoms with Crippen LogP contribution in [-0.4, -0.2) is 35.2 Å². The molecule has 32 heavy (non-hydrogen) atoms. The second kappa shape index (κ2) is 9.14. The van der Waals surface area contributed by atoms with Crippen molar-refractivity contribution in [2.75, 3.05) is 16.8 Å². The molecule has 166 valence electrons. The van der Waals surface area contributed by atoms with Crippen LogP contribution in [-0.2, 0) is 9.59 Å². The Morgan fingerprint density at radius 3 is 2.25 bits per heavy atom. The Balaban J connectivity index is 1.52. The number of carbonyl (C=O) groups is 3. The van der Waals surface area contributed by atoms with Crippen molar-refractivity contribution in [3.05, 3.63) is 68.8 Å². The molecule has 3 amide bonds. The van der Waals surface area contributed by atoms with E-state index in [2.05, 4.69) is 12.2 Å². The number of likely N-dealkylation sites (tertiary alicyclic amines) is 1. The van der Waals surface area contributed by atoms with Crippen LogP contribution in [0.3, 0.4) is 0 Å². The lowest BCUT2D eigenvalue weighted by atomic mass is 10.0. The summed E-state index contributed by atoms with van der Waals surface area (Å²) in [4.78, 5) is 41.2. The van der Waals surface area contributed by atoms with Gasteiger partial charge in [0.2, 0.25) is 0 Å². The second-order valence-electron chi connectivity index (χ2n) is 7.81. The minimum atomic E-state index is -0.677. The summed E-state index contributed by atoms with van der Waals surface area (Å²) < 4.78 is 0. The maximum atomic E-state index is 12.9. The molecular weight excluding hydrogens is 473 g/mol. The van der Waals surface area contributed by atoms with Crippen LogP contribution in [0.5, 0.6) is 0 Å². The van der Waals surface area contributed by atoms with Gasteiger partial charge in [0.05, 0.1) is 5.69 Å². The maximum absolute atomic E-state index is 12.9. The minimum Gasteiger partial charge on any atom is -0.350 e. The first-order valence-electron chi connectivity index (χ1n) is 10.2. The third-order valence-electron chi connectivity index (χ3n) is 5.60. The van der Waals surface area contributed by atoms with Crippen molar-refractivity contribution in [2.45, 2.75) is 32.2 Å². The van der Waals surface area contributed by atoms with Gasteiger partial charge in [-0.15, -0.1) is 0 Å². The van der Waals surface area contributed by atoms with Crippen molar-refractivity contribution in [1.82, 2.24) is 4.90 Å². The summed E-state index contributed by atoms with van der Waals surface area (Å²) in [5.74, 6) is -1.32. The zero-order valence-electron chi connectivity index (χ0n) is 17.2. The molecule has 2 aliphatic heterocycles. The second-order valence-corrected chi connectivity index (χ2v) is 9.06. The van der Waals surface area contributed by atoms with Crippen molar-refractivity contribution in [2.24, 2.45) is 0 Å². The quantitative estimate of drug-likeness (QED) is 0.577. The van der Waals surface area contributed by atoms with Crippen LogP contribution in [0.4, 0.5) is 11.4 Å². The van der Waals surface area contributed by atoms with Crippen LogP contribution < -0.4 is 10.2 Å². The highest BCUT2D eigenvalue weighted by Gasteiger charge is 2.39. The number of imide groups is 1. The molecule has 0 spiro atoms. The molecule has 0 aromatic heterocycles. The molecule has 2 aromatic rings. The molecule has 0 saturated carbocycles. The zero-order chi connectivity index (χ0) is 23.0. The number of rotatable bonds is 4. The predicted octanol–water partition coefficient (Wildman–Crippen LogP) is 5.44. The van der Waals surface area contributed by atoms with Gasteiger partial charge in [-0.05, 0) is 68.7 Å². The van der Waals surface area contributed by atoms with Gasteiger partial charge in [-0.1, -0.05) is 34.8 Å². The van der Waals surface area contributed by atoms with Crippen LogP contribution in [0, 0.1) is 0 Å². The smallest absolute Gasteiger partial charge is 0.283 e. The molecule has 0 bridgehead atoms. The van der Waals surface area contributed by atoms with Gasteiger partial charge in [0.1, 0.15) is 10.7 Å². The van der Waals surface area contributed by atoms with E-state index in [0.717, 1.165) is 30.7 Å². The number of amides is 3. The van der Waals surface area contributed by atoms with Gasteiger partial charge in [0.15, 0.2) is 0 Å². The minimum absolute atomic E-state index is 0.0165. The molecule has 0 aliphatic carbocycles. The summed E-state index contributed by atoms with van der Waals surface area (Å²) in [5.41, 5.74) is 1.25. The number of halogens is 3. The number of anilines is 2. The molecule has 2 heterocycles. The van der Waals surface area contributed by atoms with Gasteiger partial charge in [0.25, 0.3) is 17.7 Å². The number of nitrogens with zero attached hydrogens (tertiary/aromatic N) is 2. The van der Waals surface area contributed by atoms with Crippen LogP contribution >= 0.6 is 34.8 Å². The van der Waals surface area contributed by atoms with Gasteiger partial charge in [-0.2, -0.15) is 0 Å². The summed E-state index contributed by atoms with van der Waals surface area (Å²) in [6.45, 7) is 2.81. The number of hydrogen-bond donors (Lipinski definition) is 1. The Kier molecular flexibility index (Phi) is 6.47. The average Bonchev–Trinajstić information content (AvgIpc) is 2.96. The SMILES string of the molecule is CC1CCCCN1C(=O)c1ccc(NC2=C(Cl)C(=O)N(c3cc(Cl)cc(Cl)c3)C2=O)cc1. The van der Waals surface area contributed by atoms with E-state index >= 15 is 0 Å². The number of piperidine rings is 1. The van der Waals surface area contributed by atoms with Crippen molar-refractivity contribution >= 4 is 63.9 Å². The van der Waals surface area contributed by atoms with Crippen molar-refractivity contribution in [3.63, 3.8) is 0 Å². The molecule has 9 heteroatoms. The highest BCUT2D eigenvalue weighted by atomic mass is 35.5. The first kappa shape index (κ1) is 22.6. The van der Waals surface area contributed by atoms with Crippen molar-refractivity contribution < 1.29 is 14.4 Å². The Bertz CT molecular complexity index is 1110. The van der Waals surface area contributed by atoms with Crippen LogP contribution in [0.15, 0.2) is 53.2 Å². The Labute approximate surface area is 200 Å². The normalized spacial score (nSPS) is 19.1. The van der Waals surface area contributed by atoms with Gasteiger partial charge < -0.3 is 10.2 Å². The van der Waals surface area contributed by atoms with Gasteiger partial charge in [-0.25, -0.2) is 4.90 Å². The first-order chi connectivity index (χ1) is 15.3. The van der Waals surface area contributed by atoms with E-state index in [1.807, 2.05) is 4.90 Å². The van der Waals surface area contributed by atoms with Gasteiger partial charge in [0, 0.05) is 33.9 Å². The summed E-state index contributed by atoms with van der Waals surface area (Å²) in [5, 5.41) is 3.23. The van der Waals surface area contributed by atoms with Gasteiger partial charge >= 0.3 is 0 Å². The highest BCUT2D eigenvalue weighted by Crippen LogP contribution is 2.33. The maximum Gasteiger partial charge on any atom is 0.283 e. The summed E-state index contributed by atoms with van der Waals surface area (Å²) >= 11 is 18.2. The molecule has 2 aliphatic rings. The third-order valence-corrected chi connectivity index (χ3v) is 6.38. The van der Waals surface area contributed by atoms with E-state index in [4.69, 9.17) is 34.8 Å². The summed E-state index contributed by atoms with van der Waals surface area (Å²) in [6.07, 6.45) is 3.14. The molecule has 1 unspecified atom stereocenters. The number of benzene rings is 2. The fraction of sp³-hybridized carbons (Fsp3) is 0.261. The first-order valence-corrected chi connectivity index (χ1v) is 11.3. The lowest BCUT2D eigenvalue weighted by Gasteiger charge is -2.33. The van der Waals surface area contributed by atoms with E-state index < -0.39 is 11.8 Å². The average molecular weight is 493 g/mol. The lowest BCUT2D eigenvalue weighted by molar-refractivity contribution is -0.120. The predicted molar refractivity (Wildman–Crippen MR) is 126 cm³/mol. The fourth-order valence-corrected chi connectivity index (χ4v) is 4.65. The molecule has 1 fully saturated rings. The molecule has 0 radical (unpaired) electrons. The lowest BCUT2D eigenvalue weighted by Crippen LogP contribution is -2.42. The largest absolute Gasteiger partial charge is 0.350 e. The molecule has 1 saturated heterocycles. The Morgan fingerprint density at radius 2 is 1.62 bits per heavy atom. The molecule has 4 rings (SSSR count). The summed E-state index contributed by atoms with van der Waals surface area (Å²) in [7, 11) is 0. The zero-order valence-corrected chi connectivity index (χ0v) is 19.5. The van der Waals surface area contributed by atoms with Crippen LogP contribution in [0.1, 0.15) is 36.5 Å². The van der Waals surface area contributed by atoms with E-state index in [1.165, 1.54) is 18.2 Å². The summed E-state index contributed by atoms with van der Waals surface area (Å²) in [6, 6.07) is 11.4. The monoisotopic (exact) mass is 491 g/mol. The van der Waals surface area contributed by atoms with Crippen molar-refractivity contribution in [3.8, 4) is 0 Å². The fourth-order valence-electron chi connectivity index (χ4n) is 3.92. The topological polar surface area (TPSA) is 69.7 Å². The molecule has 1 atom stereocenters. The molecule has 2 aromatic carbocycles. The van der Waals surface area contributed by atoms with E-state index in [0.29, 0.717) is 11.3 Å². The Hall–Kier alpha value is -2.54. The molecule has 1 N–H and O–H groups in total. The molecule has 6 nitrogen and oxygen atoms in total. The number of hydrogen-bond acceptors (Lipinski definition) is 4.